The minimum Gasteiger partial charge on any atom is -0.292 e. The van der Waals surface area contributed by atoms with Gasteiger partial charge in [-0.3, -0.25) is 9.80 Å². The number of carbonyl (C=O) groups excluding carboxylic acids is 1. The first-order chi connectivity index (χ1) is 4.61. The molecule has 10 heavy (non-hydrogen) atoms. The van der Waals surface area contributed by atoms with Crippen LogP contribution in [0.1, 0.15) is 0 Å². The zero-order chi connectivity index (χ0) is 7.72. The SMILES string of the molecule is CN1CC(=O)C(C(F)F)=N1. The maximum atomic E-state index is 11.8. The number of nitrogens with zero attached hydrogens (tertiary/aromatic N) is 2. The van der Waals surface area contributed by atoms with E-state index in [0.29, 0.717) is 0 Å². The van der Waals surface area contributed by atoms with E-state index in [1.165, 1.54) is 12.1 Å². The molecule has 1 heterocycles. The van der Waals surface area contributed by atoms with E-state index in [2.05, 4.69) is 5.10 Å². The third-order valence-electron chi connectivity index (χ3n) is 1.14. The summed E-state index contributed by atoms with van der Waals surface area (Å²) in [5.74, 6) is -0.586. The molecule has 0 spiro atoms. The molecule has 3 nitrogen and oxygen atoms in total. The Balaban J connectivity index is 2.75. The van der Waals surface area contributed by atoms with Gasteiger partial charge in [0, 0.05) is 7.05 Å². The van der Waals surface area contributed by atoms with Crippen LogP contribution in [0.5, 0.6) is 0 Å². The summed E-state index contributed by atoms with van der Waals surface area (Å²) in [7, 11) is 1.48. The lowest BCUT2D eigenvalue weighted by molar-refractivity contribution is -0.113. The van der Waals surface area contributed by atoms with Gasteiger partial charge in [0.2, 0.25) is 5.78 Å². The van der Waals surface area contributed by atoms with Crippen LogP contribution in [0.25, 0.3) is 0 Å². The summed E-state index contributed by atoms with van der Waals surface area (Å²) < 4.78 is 23.6. The Hall–Kier alpha value is -1.00. The smallest absolute Gasteiger partial charge is 0.285 e. The van der Waals surface area contributed by atoms with Gasteiger partial charge in [-0.2, -0.15) is 5.10 Å². The molecule has 0 unspecified atom stereocenters. The number of likely N-dealkylation sites (N-methyl/N-ethyl adjacent to an activating group) is 1. The lowest BCUT2D eigenvalue weighted by atomic mass is 10.3. The largest absolute Gasteiger partial charge is 0.292 e. The fourth-order valence-electron chi connectivity index (χ4n) is 0.729. The molecule has 0 aromatic heterocycles. The number of carbonyl (C=O) groups is 1. The maximum absolute atomic E-state index is 11.8. The van der Waals surface area contributed by atoms with Crippen LogP contribution in [-0.4, -0.2) is 36.5 Å². The van der Waals surface area contributed by atoms with Gasteiger partial charge in [0.1, 0.15) is 6.54 Å². The molecule has 0 bridgehead atoms. The average molecular weight is 148 g/mol. The van der Waals surface area contributed by atoms with Gasteiger partial charge >= 0.3 is 0 Å². The molecule has 0 radical (unpaired) electrons. The van der Waals surface area contributed by atoms with E-state index in [-0.39, 0.29) is 6.54 Å². The Morgan fingerprint density at radius 3 is 2.50 bits per heavy atom. The summed E-state index contributed by atoms with van der Waals surface area (Å²) in [4.78, 5) is 10.6. The predicted molar refractivity (Wildman–Crippen MR) is 31.1 cm³/mol. The summed E-state index contributed by atoms with van der Waals surface area (Å²) in [5.41, 5.74) is -0.623. The number of ketones is 1. The molecule has 0 aromatic rings. The molecular weight excluding hydrogens is 142 g/mol. The molecular formula is C5H6F2N2O. The van der Waals surface area contributed by atoms with Gasteiger partial charge < -0.3 is 0 Å². The van der Waals surface area contributed by atoms with E-state index in [0.717, 1.165) is 0 Å². The van der Waals surface area contributed by atoms with Crippen LogP contribution in [0.15, 0.2) is 5.10 Å². The molecule has 0 amide bonds. The topological polar surface area (TPSA) is 32.7 Å². The Morgan fingerprint density at radius 2 is 2.30 bits per heavy atom. The van der Waals surface area contributed by atoms with Gasteiger partial charge in [-0.05, 0) is 0 Å². The highest BCUT2D eigenvalue weighted by Gasteiger charge is 2.28. The normalized spacial score (nSPS) is 18.6. The minimum absolute atomic E-state index is 0.0281. The molecule has 0 aromatic carbocycles. The fourth-order valence-corrected chi connectivity index (χ4v) is 0.729. The fraction of sp³-hybridized carbons (Fsp3) is 0.600. The number of halogens is 2. The zero-order valence-corrected chi connectivity index (χ0v) is 5.34. The van der Waals surface area contributed by atoms with Crippen molar-refractivity contribution >= 4 is 11.5 Å². The third kappa shape index (κ3) is 1.12. The highest BCUT2D eigenvalue weighted by atomic mass is 19.3. The van der Waals surface area contributed by atoms with Gasteiger partial charge in [-0.25, -0.2) is 8.78 Å². The van der Waals surface area contributed by atoms with Gasteiger partial charge in [-0.1, -0.05) is 0 Å². The van der Waals surface area contributed by atoms with Crippen molar-refractivity contribution in [3.05, 3.63) is 0 Å². The van der Waals surface area contributed by atoms with Gasteiger partial charge in [0.05, 0.1) is 0 Å². The van der Waals surface area contributed by atoms with Crippen LogP contribution in [0, 0.1) is 0 Å². The van der Waals surface area contributed by atoms with Crippen LogP contribution in [0.2, 0.25) is 0 Å². The van der Waals surface area contributed by atoms with E-state index >= 15 is 0 Å². The van der Waals surface area contributed by atoms with Crippen molar-refractivity contribution in [1.82, 2.24) is 5.01 Å². The van der Waals surface area contributed by atoms with Crippen LogP contribution >= 0.6 is 0 Å². The minimum atomic E-state index is -2.74. The predicted octanol–water partition coefficient (Wildman–Crippen LogP) is 0.122. The summed E-state index contributed by atoms with van der Waals surface area (Å²) >= 11 is 0. The molecule has 1 aliphatic rings. The number of Topliss-reactive ketones (excluding diaryl/α,β-unsaturated/α-hetero) is 1. The monoisotopic (exact) mass is 148 g/mol. The number of rotatable bonds is 1. The van der Waals surface area contributed by atoms with E-state index in [9.17, 15) is 13.6 Å². The summed E-state index contributed by atoms with van der Waals surface area (Å²) in [6.07, 6.45) is -2.74. The molecule has 1 rings (SSSR count). The first kappa shape index (κ1) is 7.11. The Bertz CT molecular complexity index is 190. The molecule has 0 aliphatic carbocycles. The van der Waals surface area contributed by atoms with E-state index in [1.54, 1.807) is 0 Å². The van der Waals surface area contributed by atoms with Crippen molar-refractivity contribution in [3.63, 3.8) is 0 Å². The molecule has 0 saturated heterocycles. The molecule has 1 aliphatic heterocycles. The number of hydrogen-bond acceptors (Lipinski definition) is 3. The van der Waals surface area contributed by atoms with Crippen LogP contribution in [0.3, 0.4) is 0 Å². The van der Waals surface area contributed by atoms with E-state index in [1.807, 2.05) is 0 Å². The number of alkyl halides is 2. The molecule has 0 saturated carbocycles. The second-order valence-electron chi connectivity index (χ2n) is 2.02. The Kier molecular flexibility index (Phi) is 1.65. The van der Waals surface area contributed by atoms with Crippen LogP contribution in [0.4, 0.5) is 8.78 Å². The Morgan fingerprint density at radius 1 is 1.70 bits per heavy atom. The number of hydrazone groups is 1. The lowest BCUT2D eigenvalue weighted by Crippen LogP contribution is -2.20. The summed E-state index contributed by atoms with van der Waals surface area (Å²) in [5, 5.41) is 4.52. The third-order valence-corrected chi connectivity index (χ3v) is 1.14. The van der Waals surface area contributed by atoms with Crippen molar-refractivity contribution in [2.45, 2.75) is 6.43 Å². The van der Waals surface area contributed by atoms with Crippen molar-refractivity contribution in [1.29, 1.82) is 0 Å². The average Bonchev–Trinajstić information content (AvgIpc) is 2.10. The second-order valence-corrected chi connectivity index (χ2v) is 2.02. The molecule has 0 atom stereocenters. The lowest BCUT2D eigenvalue weighted by Gasteiger charge is -1.99. The first-order valence-corrected chi connectivity index (χ1v) is 2.72. The second kappa shape index (κ2) is 2.32. The van der Waals surface area contributed by atoms with Crippen molar-refractivity contribution in [2.75, 3.05) is 13.6 Å². The highest BCUT2D eigenvalue weighted by molar-refractivity contribution is 6.42. The van der Waals surface area contributed by atoms with Gasteiger partial charge in [-0.15, -0.1) is 0 Å². The maximum Gasteiger partial charge on any atom is 0.285 e. The molecule has 5 heteroatoms. The van der Waals surface area contributed by atoms with Crippen molar-refractivity contribution in [3.8, 4) is 0 Å². The van der Waals surface area contributed by atoms with Crippen molar-refractivity contribution < 1.29 is 13.6 Å². The van der Waals surface area contributed by atoms with Gasteiger partial charge in [0.15, 0.2) is 5.71 Å². The zero-order valence-electron chi connectivity index (χ0n) is 5.34. The van der Waals surface area contributed by atoms with E-state index < -0.39 is 17.9 Å². The summed E-state index contributed by atoms with van der Waals surface area (Å²) in [6, 6.07) is 0. The standard InChI is InChI=1S/C5H6F2N2O/c1-9-2-3(10)4(8-9)5(6)7/h5H,2H2,1H3. The first-order valence-electron chi connectivity index (χ1n) is 2.72. The Labute approximate surface area is 56.3 Å². The van der Waals surface area contributed by atoms with Crippen LogP contribution < -0.4 is 0 Å². The molecule has 0 N–H and O–H groups in total. The highest BCUT2D eigenvalue weighted by Crippen LogP contribution is 2.06. The van der Waals surface area contributed by atoms with Crippen LogP contribution in [-0.2, 0) is 4.79 Å². The van der Waals surface area contributed by atoms with Crippen molar-refractivity contribution in [2.24, 2.45) is 5.10 Å². The van der Waals surface area contributed by atoms with Gasteiger partial charge in [0.25, 0.3) is 6.43 Å². The number of hydrogen-bond donors (Lipinski definition) is 0. The quantitative estimate of drug-likeness (QED) is 0.529. The molecule has 56 valence electrons. The van der Waals surface area contributed by atoms with E-state index in [4.69, 9.17) is 0 Å². The summed E-state index contributed by atoms with van der Waals surface area (Å²) in [6.45, 7) is -0.0281. The molecule has 0 fully saturated rings.